The van der Waals surface area contributed by atoms with Gasteiger partial charge in [-0.25, -0.2) is 4.79 Å². The van der Waals surface area contributed by atoms with Crippen molar-refractivity contribution in [2.24, 2.45) is 18.9 Å². The average Bonchev–Trinajstić information content (AvgIpc) is 3.64. The van der Waals surface area contributed by atoms with Crippen molar-refractivity contribution in [1.29, 1.82) is 0 Å². The Morgan fingerprint density at radius 1 is 1.10 bits per heavy atom. The Morgan fingerprint density at radius 2 is 1.94 bits per heavy atom. The van der Waals surface area contributed by atoms with Crippen molar-refractivity contribution in [2.45, 2.75) is 102 Å². The highest BCUT2D eigenvalue weighted by Gasteiger charge is 2.54. The smallest absolute Gasteiger partial charge is 0.329 e. The van der Waals surface area contributed by atoms with Gasteiger partial charge in [-0.2, -0.15) is 5.10 Å². The Bertz CT molecular complexity index is 1830. The van der Waals surface area contributed by atoms with Gasteiger partial charge < -0.3 is 20.5 Å². The van der Waals surface area contributed by atoms with Gasteiger partial charge in [0.05, 0.1) is 12.3 Å². The van der Waals surface area contributed by atoms with E-state index < -0.39 is 11.5 Å². The number of pyridine rings is 1. The van der Waals surface area contributed by atoms with Crippen molar-refractivity contribution in [1.82, 2.24) is 20.1 Å². The monoisotopic (exact) mass is 695 g/mol. The number of aliphatic carboxylic acids is 1. The first kappa shape index (κ1) is 34.6. The Balaban J connectivity index is 1.12. The number of carboxylic acid groups (broad SMARTS) is 1. The number of rotatable bonds is 12. The van der Waals surface area contributed by atoms with Crippen molar-refractivity contribution in [3.63, 3.8) is 0 Å². The number of halogens is 1. The van der Waals surface area contributed by atoms with E-state index in [2.05, 4.69) is 52.8 Å². The first-order valence-corrected chi connectivity index (χ1v) is 18.7. The van der Waals surface area contributed by atoms with Crippen LogP contribution < -0.4 is 15.4 Å². The van der Waals surface area contributed by atoms with Crippen LogP contribution in [0.1, 0.15) is 98.4 Å². The SMILES string of the molecule is C[C@@H](COc1ccnc2c1[C@H](C)CCC2)CC1Cc2ccc(CNCc3ccnn3C)cc2C12CCC(Nc1cccc(Cl)c1)(C(=O)O)CC2. The molecule has 2 aromatic heterocycles. The third-order valence-corrected chi connectivity index (χ3v) is 12.2. The van der Waals surface area contributed by atoms with Crippen LogP contribution in [0.4, 0.5) is 5.69 Å². The predicted octanol–water partition coefficient (Wildman–Crippen LogP) is 8.22. The zero-order valence-corrected chi connectivity index (χ0v) is 30.3. The van der Waals surface area contributed by atoms with Crippen molar-refractivity contribution in [3.05, 3.63) is 106 Å². The lowest BCUT2D eigenvalue weighted by molar-refractivity contribution is -0.144. The van der Waals surface area contributed by atoms with Gasteiger partial charge in [0.15, 0.2) is 0 Å². The van der Waals surface area contributed by atoms with E-state index in [-0.39, 0.29) is 5.41 Å². The standard InChI is InChI=1S/C41H50ClN5O3/c1-27(26-50-37-13-18-44-36-9-4-6-28(2)38(36)37)20-31-22-30-11-10-29(24-43-25-34-12-19-45-47(34)3)21-35(30)40(31)14-16-41(17-15-40,39(48)49)46-33-8-5-7-32(42)23-33/h5,7-8,10-13,18-19,21,23,27-28,31,43,46H,4,6,9,14-17,20,22,24-26H2,1-3H3,(H,48,49)/t27-,28-,31?,40?,41?/m1/s1. The van der Waals surface area contributed by atoms with Gasteiger partial charge in [0.2, 0.25) is 0 Å². The molecule has 1 fully saturated rings. The Labute approximate surface area is 301 Å². The van der Waals surface area contributed by atoms with Crippen molar-refractivity contribution in [3.8, 4) is 5.75 Å². The largest absolute Gasteiger partial charge is 0.493 e. The quantitative estimate of drug-likeness (QED) is 0.137. The minimum atomic E-state index is -1.04. The van der Waals surface area contributed by atoms with E-state index in [9.17, 15) is 9.90 Å². The maximum Gasteiger partial charge on any atom is 0.329 e. The van der Waals surface area contributed by atoms with Gasteiger partial charge in [-0.1, -0.05) is 49.7 Å². The molecule has 3 aliphatic carbocycles. The normalized spacial score (nSPS) is 24.8. The fraction of sp³-hybridized carbons (Fsp3) is 0.488. The molecule has 4 aromatic rings. The van der Waals surface area contributed by atoms with Gasteiger partial charge in [-0.15, -0.1) is 0 Å². The number of fused-ring (bicyclic) bond motifs is 3. The maximum atomic E-state index is 13.0. The minimum Gasteiger partial charge on any atom is -0.493 e. The number of hydrogen-bond acceptors (Lipinski definition) is 6. The van der Waals surface area contributed by atoms with Crippen LogP contribution in [-0.4, -0.2) is 38.0 Å². The van der Waals surface area contributed by atoms with Crippen LogP contribution in [0, 0.1) is 11.8 Å². The molecule has 2 heterocycles. The molecule has 0 saturated heterocycles. The summed E-state index contributed by atoms with van der Waals surface area (Å²) < 4.78 is 8.49. The zero-order valence-electron chi connectivity index (χ0n) is 29.6. The lowest BCUT2D eigenvalue weighted by atomic mass is 9.59. The van der Waals surface area contributed by atoms with Gasteiger partial charge in [0.1, 0.15) is 11.3 Å². The van der Waals surface area contributed by atoms with Gasteiger partial charge in [-0.05, 0) is 128 Å². The van der Waals surface area contributed by atoms with Crippen molar-refractivity contribution in [2.75, 3.05) is 11.9 Å². The number of nitrogens with one attached hydrogen (secondary N) is 2. The Kier molecular flexibility index (Phi) is 9.95. The molecule has 3 N–H and O–H groups in total. The maximum absolute atomic E-state index is 13.0. The molecule has 0 amide bonds. The molecule has 3 aliphatic rings. The summed E-state index contributed by atoms with van der Waals surface area (Å²) >= 11 is 6.29. The van der Waals surface area contributed by atoms with Crippen LogP contribution in [0.5, 0.6) is 5.75 Å². The van der Waals surface area contributed by atoms with Crippen molar-refractivity contribution < 1.29 is 14.6 Å². The third-order valence-electron chi connectivity index (χ3n) is 11.9. The van der Waals surface area contributed by atoms with Crippen LogP contribution >= 0.6 is 11.6 Å². The lowest BCUT2D eigenvalue weighted by Crippen LogP contribution is -2.53. The number of carboxylic acids is 1. The number of aryl methyl sites for hydroxylation is 2. The summed E-state index contributed by atoms with van der Waals surface area (Å²) in [4.78, 5) is 17.7. The molecular formula is C41H50ClN5O3. The second-order valence-corrected chi connectivity index (χ2v) is 15.7. The second kappa shape index (κ2) is 14.4. The highest BCUT2D eigenvalue weighted by molar-refractivity contribution is 6.30. The number of aromatic nitrogens is 3. The molecule has 3 atom stereocenters. The molecule has 0 aliphatic heterocycles. The van der Waals surface area contributed by atoms with Gasteiger partial charge in [0, 0.05) is 54.5 Å². The fourth-order valence-electron chi connectivity index (χ4n) is 9.16. The van der Waals surface area contributed by atoms with Crippen LogP contribution in [0.25, 0.3) is 0 Å². The first-order valence-electron chi connectivity index (χ1n) is 18.3. The minimum absolute atomic E-state index is 0.0963. The second-order valence-electron chi connectivity index (χ2n) is 15.2. The molecule has 8 nitrogen and oxygen atoms in total. The number of ether oxygens (including phenoxy) is 1. The van der Waals surface area contributed by atoms with Crippen molar-refractivity contribution >= 4 is 23.3 Å². The number of benzene rings is 2. The summed E-state index contributed by atoms with van der Waals surface area (Å²) in [5, 5.41) is 22.6. The van der Waals surface area contributed by atoms with E-state index in [0.717, 1.165) is 62.3 Å². The molecule has 1 unspecified atom stereocenters. The molecular weight excluding hydrogens is 646 g/mol. The molecule has 264 valence electrons. The summed E-state index contributed by atoms with van der Waals surface area (Å²) in [6.07, 6.45) is 11.8. The topological polar surface area (TPSA) is 101 Å². The van der Waals surface area contributed by atoms with Crippen LogP contribution in [0.3, 0.4) is 0 Å². The summed E-state index contributed by atoms with van der Waals surface area (Å²) in [5.74, 6) is 1.40. The highest BCUT2D eigenvalue weighted by Crippen LogP contribution is 2.56. The number of nitrogens with zero attached hydrogens (tertiary/aromatic N) is 3. The predicted molar refractivity (Wildman–Crippen MR) is 198 cm³/mol. The summed E-state index contributed by atoms with van der Waals surface area (Å²) in [6.45, 7) is 6.76. The average molecular weight is 696 g/mol. The van der Waals surface area contributed by atoms with E-state index in [1.807, 2.05) is 60.5 Å². The summed E-state index contributed by atoms with van der Waals surface area (Å²) in [6, 6.07) is 18.5. The molecule has 0 bridgehead atoms. The van der Waals surface area contributed by atoms with E-state index >= 15 is 0 Å². The van der Waals surface area contributed by atoms with E-state index in [1.165, 1.54) is 40.8 Å². The Hall–Kier alpha value is -3.88. The highest BCUT2D eigenvalue weighted by atomic mass is 35.5. The molecule has 0 radical (unpaired) electrons. The van der Waals surface area contributed by atoms with Gasteiger partial charge in [0.25, 0.3) is 0 Å². The third kappa shape index (κ3) is 6.89. The van der Waals surface area contributed by atoms with Crippen LogP contribution in [0.2, 0.25) is 5.02 Å². The van der Waals surface area contributed by atoms with E-state index in [0.29, 0.717) is 42.2 Å². The summed E-state index contributed by atoms with van der Waals surface area (Å²) in [7, 11) is 1.97. The molecule has 2 aromatic carbocycles. The molecule has 1 saturated carbocycles. The number of hydrogen-bond donors (Lipinski definition) is 3. The molecule has 1 spiro atoms. The first-order chi connectivity index (χ1) is 24.2. The van der Waals surface area contributed by atoms with Gasteiger partial charge in [-0.3, -0.25) is 9.67 Å². The molecule has 9 heteroatoms. The van der Waals surface area contributed by atoms with Gasteiger partial charge >= 0.3 is 5.97 Å². The molecule has 50 heavy (non-hydrogen) atoms. The number of carbonyl (C=O) groups is 1. The fourth-order valence-corrected chi connectivity index (χ4v) is 9.35. The Morgan fingerprint density at radius 3 is 2.70 bits per heavy atom. The van der Waals surface area contributed by atoms with Crippen LogP contribution in [-0.2, 0) is 43.2 Å². The van der Waals surface area contributed by atoms with E-state index in [1.54, 1.807) is 0 Å². The zero-order chi connectivity index (χ0) is 34.9. The molecule has 7 rings (SSSR count). The summed E-state index contributed by atoms with van der Waals surface area (Å²) in [5.41, 5.74) is 7.31. The lowest BCUT2D eigenvalue weighted by Gasteiger charge is -2.47. The van der Waals surface area contributed by atoms with E-state index in [4.69, 9.17) is 16.3 Å². The number of anilines is 1. The van der Waals surface area contributed by atoms with Crippen LogP contribution in [0.15, 0.2) is 67.0 Å².